The molecule has 0 aliphatic carbocycles. The van der Waals surface area contributed by atoms with Crippen LogP contribution in [-0.2, 0) is 14.3 Å². The number of unbranched alkanes of at least 4 members (excludes halogenated alkanes) is 3. The highest BCUT2D eigenvalue weighted by atomic mass is 32.2. The van der Waals surface area contributed by atoms with Crippen LogP contribution < -0.4 is 10.6 Å². The van der Waals surface area contributed by atoms with Crippen molar-refractivity contribution in [2.45, 2.75) is 78.4 Å². The van der Waals surface area contributed by atoms with Crippen molar-refractivity contribution in [2.24, 2.45) is 5.92 Å². The van der Waals surface area contributed by atoms with Crippen LogP contribution in [0.2, 0.25) is 0 Å². The highest BCUT2D eigenvalue weighted by Gasteiger charge is 2.10. The number of ether oxygens (including phenoxy) is 2. The number of aldehydes is 1. The molecular formula is C20H38N2O5S. The summed E-state index contributed by atoms with van der Waals surface area (Å²) in [6.45, 7) is 8.83. The van der Waals surface area contributed by atoms with Crippen LogP contribution >= 0.6 is 11.8 Å². The number of rotatable bonds is 16. The average Bonchev–Trinajstić information content (AvgIpc) is 2.65. The van der Waals surface area contributed by atoms with Crippen molar-refractivity contribution in [3.8, 4) is 0 Å². The molecule has 28 heavy (non-hydrogen) atoms. The SMILES string of the molecule is CCCCC(C)OC(=O)NCCCCCNC(=O)OC(C)CSCC(C)C=O. The summed E-state index contributed by atoms with van der Waals surface area (Å²) in [4.78, 5) is 33.8. The first-order chi connectivity index (χ1) is 13.4. The molecule has 2 amide bonds. The maximum absolute atomic E-state index is 11.7. The molecule has 3 atom stereocenters. The smallest absolute Gasteiger partial charge is 0.407 e. The molecule has 8 heteroatoms. The van der Waals surface area contributed by atoms with Gasteiger partial charge < -0.3 is 24.9 Å². The quantitative estimate of drug-likeness (QED) is 0.289. The van der Waals surface area contributed by atoms with Crippen LogP contribution in [0, 0.1) is 5.92 Å². The van der Waals surface area contributed by atoms with Gasteiger partial charge in [0.15, 0.2) is 0 Å². The Hall–Kier alpha value is -1.44. The number of hydrogen-bond acceptors (Lipinski definition) is 6. The van der Waals surface area contributed by atoms with E-state index in [0.717, 1.165) is 50.6 Å². The zero-order chi connectivity index (χ0) is 21.2. The summed E-state index contributed by atoms with van der Waals surface area (Å²) in [5, 5.41) is 5.48. The zero-order valence-corrected chi connectivity index (χ0v) is 18.6. The molecule has 0 aromatic carbocycles. The van der Waals surface area contributed by atoms with Crippen LogP contribution in [0.25, 0.3) is 0 Å². The predicted octanol–water partition coefficient (Wildman–Crippen LogP) is 4.14. The summed E-state index contributed by atoms with van der Waals surface area (Å²) in [6, 6.07) is 0. The van der Waals surface area contributed by atoms with Crippen molar-refractivity contribution < 1.29 is 23.9 Å². The second-order valence-corrected chi connectivity index (χ2v) is 8.21. The Labute approximate surface area is 174 Å². The van der Waals surface area contributed by atoms with E-state index >= 15 is 0 Å². The van der Waals surface area contributed by atoms with Gasteiger partial charge in [-0.05, 0) is 39.5 Å². The lowest BCUT2D eigenvalue weighted by molar-refractivity contribution is -0.110. The second kappa shape index (κ2) is 17.6. The summed E-state index contributed by atoms with van der Waals surface area (Å²) >= 11 is 1.60. The number of thioether (sulfide) groups is 1. The van der Waals surface area contributed by atoms with Crippen molar-refractivity contribution >= 4 is 30.2 Å². The minimum Gasteiger partial charge on any atom is -0.447 e. The first-order valence-electron chi connectivity index (χ1n) is 10.3. The Morgan fingerprint density at radius 2 is 1.46 bits per heavy atom. The molecule has 0 aromatic rings. The normalized spacial score (nSPS) is 13.9. The summed E-state index contributed by atoms with van der Waals surface area (Å²) in [5.41, 5.74) is 0. The van der Waals surface area contributed by atoms with Gasteiger partial charge >= 0.3 is 12.2 Å². The molecule has 0 saturated carbocycles. The Balaban J connectivity index is 3.55. The fourth-order valence-electron chi connectivity index (χ4n) is 2.30. The third-order valence-electron chi connectivity index (χ3n) is 3.94. The molecule has 0 aliphatic heterocycles. The van der Waals surface area contributed by atoms with E-state index in [2.05, 4.69) is 17.6 Å². The molecule has 0 radical (unpaired) electrons. The Bertz CT molecular complexity index is 437. The number of hydrogen-bond donors (Lipinski definition) is 2. The van der Waals surface area contributed by atoms with E-state index < -0.39 is 6.09 Å². The molecule has 0 bridgehead atoms. The van der Waals surface area contributed by atoms with Crippen molar-refractivity contribution in [3.63, 3.8) is 0 Å². The van der Waals surface area contributed by atoms with Crippen molar-refractivity contribution in [3.05, 3.63) is 0 Å². The van der Waals surface area contributed by atoms with Crippen LogP contribution in [-0.4, -0.2) is 55.3 Å². The average molecular weight is 419 g/mol. The molecule has 0 rings (SSSR count). The van der Waals surface area contributed by atoms with Gasteiger partial charge in [0, 0.05) is 30.5 Å². The van der Waals surface area contributed by atoms with Crippen LogP contribution in [0.4, 0.5) is 9.59 Å². The summed E-state index contributed by atoms with van der Waals surface area (Å²) in [6.07, 6.45) is 5.48. The van der Waals surface area contributed by atoms with Crippen molar-refractivity contribution in [1.82, 2.24) is 10.6 Å². The first kappa shape index (κ1) is 26.6. The minimum absolute atomic E-state index is 0.0202. The monoisotopic (exact) mass is 418 g/mol. The second-order valence-electron chi connectivity index (χ2n) is 7.14. The lowest BCUT2D eigenvalue weighted by Crippen LogP contribution is -2.30. The lowest BCUT2D eigenvalue weighted by Gasteiger charge is -2.14. The topological polar surface area (TPSA) is 93.7 Å². The fourth-order valence-corrected chi connectivity index (χ4v) is 3.29. The van der Waals surface area contributed by atoms with E-state index in [1.54, 1.807) is 11.8 Å². The maximum Gasteiger partial charge on any atom is 0.407 e. The molecule has 2 N–H and O–H groups in total. The summed E-state index contributed by atoms with van der Waals surface area (Å²) < 4.78 is 10.5. The number of nitrogens with one attached hydrogen (secondary N) is 2. The van der Waals surface area contributed by atoms with Crippen molar-refractivity contribution in [2.75, 3.05) is 24.6 Å². The highest BCUT2D eigenvalue weighted by molar-refractivity contribution is 7.99. The van der Waals surface area contributed by atoms with Gasteiger partial charge in [-0.25, -0.2) is 9.59 Å². The van der Waals surface area contributed by atoms with Gasteiger partial charge in [0.2, 0.25) is 0 Å². The number of carbonyl (C=O) groups is 3. The van der Waals surface area contributed by atoms with Gasteiger partial charge in [-0.2, -0.15) is 11.8 Å². The zero-order valence-electron chi connectivity index (χ0n) is 17.8. The van der Waals surface area contributed by atoms with E-state index in [-0.39, 0.29) is 24.2 Å². The lowest BCUT2D eigenvalue weighted by atomic mass is 10.2. The summed E-state index contributed by atoms with van der Waals surface area (Å²) in [5.74, 6) is 1.43. The highest BCUT2D eigenvalue weighted by Crippen LogP contribution is 2.10. The summed E-state index contributed by atoms with van der Waals surface area (Å²) in [7, 11) is 0. The number of carbonyl (C=O) groups excluding carboxylic acids is 3. The Morgan fingerprint density at radius 3 is 2.00 bits per heavy atom. The predicted molar refractivity (Wildman–Crippen MR) is 114 cm³/mol. The number of alkyl carbamates (subject to hydrolysis) is 2. The Morgan fingerprint density at radius 1 is 0.893 bits per heavy atom. The third-order valence-corrected chi connectivity index (χ3v) is 5.41. The maximum atomic E-state index is 11.7. The van der Waals surface area contributed by atoms with E-state index in [0.29, 0.717) is 18.8 Å². The molecule has 3 unspecified atom stereocenters. The van der Waals surface area contributed by atoms with Gasteiger partial charge in [-0.1, -0.05) is 26.7 Å². The molecule has 164 valence electrons. The molecule has 0 spiro atoms. The van der Waals surface area contributed by atoms with E-state index in [1.807, 2.05) is 20.8 Å². The van der Waals surface area contributed by atoms with Gasteiger partial charge in [-0.15, -0.1) is 0 Å². The van der Waals surface area contributed by atoms with Gasteiger partial charge in [0.1, 0.15) is 18.5 Å². The van der Waals surface area contributed by atoms with E-state index in [9.17, 15) is 14.4 Å². The molecule has 0 fully saturated rings. The molecule has 0 aromatic heterocycles. The van der Waals surface area contributed by atoms with Crippen LogP contribution in [0.5, 0.6) is 0 Å². The van der Waals surface area contributed by atoms with Gasteiger partial charge in [0.25, 0.3) is 0 Å². The minimum atomic E-state index is -0.417. The first-order valence-corrected chi connectivity index (χ1v) is 11.5. The van der Waals surface area contributed by atoms with Crippen molar-refractivity contribution in [1.29, 1.82) is 0 Å². The van der Waals surface area contributed by atoms with Gasteiger partial charge in [0.05, 0.1) is 0 Å². The van der Waals surface area contributed by atoms with E-state index in [1.165, 1.54) is 0 Å². The largest absolute Gasteiger partial charge is 0.447 e. The third kappa shape index (κ3) is 16.7. The molecule has 0 saturated heterocycles. The van der Waals surface area contributed by atoms with Crippen LogP contribution in [0.1, 0.15) is 66.2 Å². The molecule has 0 aliphatic rings. The number of amides is 2. The van der Waals surface area contributed by atoms with Gasteiger partial charge in [-0.3, -0.25) is 0 Å². The molecule has 7 nitrogen and oxygen atoms in total. The molecule has 0 heterocycles. The standard InChI is InChI=1S/C20H38N2O5S/c1-5-6-10-17(3)26-19(24)21-11-8-7-9-12-22-20(25)27-18(4)15-28-14-16(2)13-23/h13,16-18H,5-12,14-15H2,1-4H3,(H,21,24)(H,22,25). The van der Waals surface area contributed by atoms with E-state index in [4.69, 9.17) is 9.47 Å². The Kier molecular flexibility index (Phi) is 16.7. The van der Waals surface area contributed by atoms with Crippen LogP contribution in [0.3, 0.4) is 0 Å². The molecular weight excluding hydrogens is 380 g/mol. The van der Waals surface area contributed by atoms with Crippen LogP contribution in [0.15, 0.2) is 0 Å². The fraction of sp³-hybridized carbons (Fsp3) is 0.850.